The summed E-state index contributed by atoms with van der Waals surface area (Å²) >= 11 is 0. The molecule has 0 atom stereocenters. The maximum atomic E-state index is 12.9. The first-order valence-corrected chi connectivity index (χ1v) is 7.95. The van der Waals surface area contributed by atoms with Crippen molar-refractivity contribution in [2.75, 3.05) is 17.2 Å². The van der Waals surface area contributed by atoms with Crippen molar-refractivity contribution in [2.24, 2.45) is 0 Å². The van der Waals surface area contributed by atoms with Crippen molar-refractivity contribution in [3.05, 3.63) is 53.6 Å². The van der Waals surface area contributed by atoms with Gasteiger partial charge < -0.3 is 15.4 Å². The van der Waals surface area contributed by atoms with Crippen LogP contribution in [0.4, 0.5) is 37.7 Å². The summed E-state index contributed by atoms with van der Waals surface area (Å²) in [6.45, 7) is 0.212. The van der Waals surface area contributed by atoms with E-state index in [1.807, 2.05) is 0 Å². The lowest BCUT2D eigenvalue weighted by Crippen LogP contribution is -2.22. The lowest BCUT2D eigenvalue weighted by molar-refractivity contribution is -0.139. The van der Waals surface area contributed by atoms with Gasteiger partial charge in [0.1, 0.15) is 5.75 Å². The van der Waals surface area contributed by atoms with E-state index in [9.17, 15) is 35.9 Å². The van der Waals surface area contributed by atoms with Crippen LogP contribution in [0.3, 0.4) is 0 Å². The second-order valence-electron chi connectivity index (χ2n) is 5.77. The number of rotatable bonds is 5. The first-order valence-electron chi connectivity index (χ1n) is 7.95. The number of para-hydroxylation sites is 1. The normalized spacial score (nSPS) is 11.7. The Morgan fingerprint density at radius 2 is 1.55 bits per heavy atom. The van der Waals surface area contributed by atoms with Gasteiger partial charge in [-0.3, -0.25) is 9.59 Å². The van der Waals surface area contributed by atoms with Crippen LogP contribution in [0.15, 0.2) is 42.5 Å². The van der Waals surface area contributed by atoms with Crippen LogP contribution in [-0.2, 0) is 21.9 Å². The van der Waals surface area contributed by atoms with Gasteiger partial charge in [0.05, 0.1) is 22.5 Å². The molecule has 0 saturated carbocycles. The van der Waals surface area contributed by atoms with Crippen LogP contribution in [-0.4, -0.2) is 18.4 Å². The smallest absolute Gasteiger partial charge is 0.419 e. The molecule has 0 fully saturated rings. The van der Waals surface area contributed by atoms with Crippen LogP contribution in [0.1, 0.15) is 18.1 Å². The molecule has 29 heavy (non-hydrogen) atoms. The molecule has 0 aromatic heterocycles. The number of hydrogen-bond donors (Lipinski definition) is 2. The Balaban J connectivity index is 2.19. The Labute approximate surface area is 160 Å². The third kappa shape index (κ3) is 6.13. The molecule has 11 heteroatoms. The lowest BCUT2D eigenvalue weighted by atomic mass is 10.1. The number of carbonyl (C=O) groups is 2. The zero-order valence-corrected chi connectivity index (χ0v) is 14.7. The predicted octanol–water partition coefficient (Wildman–Crippen LogP) is 4.70. The fraction of sp³-hybridized carbons (Fsp3) is 0.222. The maximum absolute atomic E-state index is 12.9. The summed E-state index contributed by atoms with van der Waals surface area (Å²) in [5.74, 6) is -2.23. The molecular formula is C18H14F6N2O3. The average molecular weight is 420 g/mol. The highest BCUT2D eigenvalue weighted by atomic mass is 19.4. The van der Waals surface area contributed by atoms with E-state index in [0.717, 1.165) is 31.2 Å². The van der Waals surface area contributed by atoms with E-state index in [1.54, 1.807) is 0 Å². The molecule has 2 rings (SSSR count). The quantitative estimate of drug-likeness (QED) is 0.690. The van der Waals surface area contributed by atoms with Gasteiger partial charge in [-0.1, -0.05) is 12.1 Å². The molecule has 2 amide bonds. The van der Waals surface area contributed by atoms with Crippen LogP contribution in [0.5, 0.6) is 5.75 Å². The fourth-order valence-electron chi connectivity index (χ4n) is 2.28. The molecule has 2 aromatic carbocycles. The number of nitrogens with one attached hydrogen (secondary N) is 2. The summed E-state index contributed by atoms with van der Waals surface area (Å²) in [4.78, 5) is 23.2. The minimum Gasteiger partial charge on any atom is -0.483 e. The number of anilines is 2. The SMILES string of the molecule is CC(=O)Nc1ccc(C(F)(F)F)cc1NC(=O)COc1ccccc1C(F)(F)F. The van der Waals surface area contributed by atoms with Crippen LogP contribution < -0.4 is 15.4 Å². The number of halogens is 6. The van der Waals surface area contributed by atoms with Crippen molar-refractivity contribution in [1.29, 1.82) is 0 Å². The second-order valence-corrected chi connectivity index (χ2v) is 5.77. The summed E-state index contributed by atoms with van der Waals surface area (Å²) in [6, 6.07) is 6.41. The minimum atomic E-state index is -4.72. The molecule has 156 valence electrons. The Morgan fingerprint density at radius 3 is 2.14 bits per heavy atom. The predicted molar refractivity (Wildman–Crippen MR) is 91.3 cm³/mol. The number of benzene rings is 2. The lowest BCUT2D eigenvalue weighted by Gasteiger charge is -2.16. The van der Waals surface area contributed by atoms with Crippen molar-refractivity contribution in [2.45, 2.75) is 19.3 Å². The van der Waals surface area contributed by atoms with E-state index in [4.69, 9.17) is 4.74 Å². The molecule has 5 nitrogen and oxygen atoms in total. The molecule has 0 saturated heterocycles. The van der Waals surface area contributed by atoms with Crippen molar-refractivity contribution in [1.82, 2.24) is 0 Å². The van der Waals surface area contributed by atoms with Gasteiger partial charge in [-0.15, -0.1) is 0 Å². The average Bonchev–Trinajstić information content (AvgIpc) is 2.59. The molecule has 2 N–H and O–H groups in total. The summed E-state index contributed by atoms with van der Waals surface area (Å²) < 4.78 is 82.3. The molecule has 0 unspecified atom stereocenters. The van der Waals surface area contributed by atoms with Crippen molar-refractivity contribution in [3.8, 4) is 5.75 Å². The molecule has 0 aliphatic carbocycles. The summed E-state index contributed by atoms with van der Waals surface area (Å²) in [5, 5.41) is 4.35. The Kier molecular flexibility index (Phi) is 6.40. The van der Waals surface area contributed by atoms with E-state index in [1.165, 1.54) is 6.07 Å². The largest absolute Gasteiger partial charge is 0.483 e. The van der Waals surface area contributed by atoms with Gasteiger partial charge in [-0.25, -0.2) is 0 Å². The van der Waals surface area contributed by atoms with Crippen molar-refractivity contribution < 1.29 is 40.7 Å². The summed E-state index contributed by atoms with van der Waals surface area (Å²) in [6.07, 6.45) is -9.43. The summed E-state index contributed by atoms with van der Waals surface area (Å²) in [5.41, 5.74) is -2.70. The molecular weight excluding hydrogens is 406 g/mol. The highest BCUT2D eigenvalue weighted by Crippen LogP contribution is 2.36. The van der Waals surface area contributed by atoms with Crippen LogP contribution in [0.25, 0.3) is 0 Å². The van der Waals surface area contributed by atoms with Crippen molar-refractivity contribution >= 4 is 23.2 Å². The zero-order chi connectivity index (χ0) is 21.8. The van der Waals surface area contributed by atoms with E-state index >= 15 is 0 Å². The minimum absolute atomic E-state index is 0.116. The van der Waals surface area contributed by atoms with Crippen LogP contribution in [0, 0.1) is 0 Å². The number of ether oxygens (including phenoxy) is 1. The van der Waals surface area contributed by atoms with Gasteiger partial charge in [-0.05, 0) is 30.3 Å². The van der Waals surface area contributed by atoms with Crippen LogP contribution >= 0.6 is 0 Å². The summed E-state index contributed by atoms with van der Waals surface area (Å²) in [7, 11) is 0. The molecule has 0 aliphatic heterocycles. The van der Waals surface area contributed by atoms with Gasteiger partial charge in [0.25, 0.3) is 5.91 Å². The van der Waals surface area contributed by atoms with Gasteiger partial charge in [-0.2, -0.15) is 26.3 Å². The Bertz CT molecular complexity index is 909. The number of amides is 2. The van der Waals surface area contributed by atoms with E-state index in [-0.39, 0.29) is 11.4 Å². The Morgan fingerprint density at radius 1 is 0.897 bits per heavy atom. The molecule has 0 aliphatic rings. The van der Waals surface area contributed by atoms with E-state index < -0.39 is 47.7 Å². The zero-order valence-electron chi connectivity index (χ0n) is 14.7. The fourth-order valence-corrected chi connectivity index (χ4v) is 2.28. The van der Waals surface area contributed by atoms with Gasteiger partial charge in [0.15, 0.2) is 6.61 Å². The third-order valence-electron chi connectivity index (χ3n) is 3.48. The van der Waals surface area contributed by atoms with Crippen molar-refractivity contribution in [3.63, 3.8) is 0 Å². The molecule has 0 heterocycles. The third-order valence-corrected chi connectivity index (χ3v) is 3.48. The van der Waals surface area contributed by atoms with Gasteiger partial charge in [0.2, 0.25) is 5.91 Å². The van der Waals surface area contributed by atoms with E-state index in [2.05, 4.69) is 10.6 Å². The number of hydrogen-bond acceptors (Lipinski definition) is 3. The maximum Gasteiger partial charge on any atom is 0.419 e. The number of alkyl halides is 6. The molecule has 0 bridgehead atoms. The molecule has 0 spiro atoms. The molecule has 2 aromatic rings. The standard InChI is InChI=1S/C18H14F6N2O3/c1-10(27)25-13-7-6-11(17(19,20)21)8-14(13)26-16(28)9-29-15-5-3-2-4-12(15)18(22,23)24/h2-8H,9H2,1H3,(H,25,27)(H,26,28). The van der Waals surface area contributed by atoms with Crippen LogP contribution in [0.2, 0.25) is 0 Å². The Hall–Kier alpha value is -3.24. The topological polar surface area (TPSA) is 67.4 Å². The van der Waals surface area contributed by atoms with Gasteiger partial charge in [0, 0.05) is 6.92 Å². The first kappa shape index (κ1) is 22.1. The first-order chi connectivity index (χ1) is 13.4. The monoisotopic (exact) mass is 420 g/mol. The molecule has 0 radical (unpaired) electrons. The van der Waals surface area contributed by atoms with Gasteiger partial charge >= 0.3 is 12.4 Å². The highest BCUT2D eigenvalue weighted by molar-refractivity contribution is 5.99. The number of carbonyl (C=O) groups excluding carboxylic acids is 2. The highest BCUT2D eigenvalue weighted by Gasteiger charge is 2.34. The second kappa shape index (κ2) is 8.41. The van der Waals surface area contributed by atoms with E-state index in [0.29, 0.717) is 12.1 Å².